The number of hydrogen-bond donors (Lipinski definition) is 1. The Bertz CT molecular complexity index is 1230. The molecule has 2 aromatic heterocycles. The highest BCUT2D eigenvalue weighted by atomic mass is 35.5. The number of halogens is 5. The van der Waals surface area contributed by atoms with Gasteiger partial charge < -0.3 is 15.0 Å². The van der Waals surface area contributed by atoms with E-state index in [2.05, 4.69) is 10.3 Å². The molecule has 0 unspecified atom stereocenters. The molecule has 35 heavy (non-hydrogen) atoms. The molecule has 12 heteroatoms. The molecule has 0 radical (unpaired) electrons. The summed E-state index contributed by atoms with van der Waals surface area (Å²) >= 11 is 12.4. The number of benzene rings is 1. The van der Waals surface area contributed by atoms with E-state index in [1.54, 1.807) is 16.7 Å². The van der Waals surface area contributed by atoms with Crippen molar-refractivity contribution in [2.45, 2.75) is 31.5 Å². The second-order valence-electron chi connectivity index (χ2n) is 8.74. The summed E-state index contributed by atoms with van der Waals surface area (Å²) in [6.45, 7) is 2.29. The highest BCUT2D eigenvalue weighted by Crippen LogP contribution is 2.35. The van der Waals surface area contributed by atoms with Gasteiger partial charge in [0.05, 0.1) is 39.3 Å². The van der Waals surface area contributed by atoms with Crippen molar-refractivity contribution < 1.29 is 22.7 Å². The van der Waals surface area contributed by atoms with E-state index < -0.39 is 11.7 Å². The number of carbonyl (C=O) groups excluding carboxylic acids is 1. The van der Waals surface area contributed by atoms with Gasteiger partial charge in [-0.25, -0.2) is 9.97 Å². The minimum absolute atomic E-state index is 0.0247. The van der Waals surface area contributed by atoms with E-state index in [1.165, 1.54) is 6.07 Å². The number of fused-ring (bicyclic) bond motifs is 1. The molecule has 4 heterocycles. The largest absolute Gasteiger partial charge is 0.417 e. The number of anilines is 1. The van der Waals surface area contributed by atoms with Crippen LogP contribution >= 0.6 is 23.2 Å². The third-order valence-electron chi connectivity index (χ3n) is 6.41. The summed E-state index contributed by atoms with van der Waals surface area (Å²) in [4.78, 5) is 23.5. The number of aromatic nitrogens is 3. The number of pyridine rings is 1. The van der Waals surface area contributed by atoms with E-state index in [0.29, 0.717) is 66.2 Å². The van der Waals surface area contributed by atoms with Gasteiger partial charge in [0.15, 0.2) is 0 Å². The minimum Gasteiger partial charge on any atom is -0.379 e. The Morgan fingerprint density at radius 3 is 2.49 bits per heavy atom. The molecule has 5 rings (SSSR count). The van der Waals surface area contributed by atoms with Gasteiger partial charge in [0.2, 0.25) is 11.9 Å². The van der Waals surface area contributed by atoms with Crippen LogP contribution in [0.3, 0.4) is 0 Å². The van der Waals surface area contributed by atoms with Crippen LogP contribution in [0.1, 0.15) is 24.8 Å². The number of carbonyl (C=O) groups is 1. The summed E-state index contributed by atoms with van der Waals surface area (Å²) in [6.07, 6.45) is -1.64. The van der Waals surface area contributed by atoms with E-state index in [9.17, 15) is 18.0 Å². The first-order chi connectivity index (χ1) is 16.7. The summed E-state index contributed by atoms with van der Waals surface area (Å²) in [5.41, 5.74) is 0.271. The van der Waals surface area contributed by atoms with Crippen molar-refractivity contribution >= 4 is 46.1 Å². The van der Waals surface area contributed by atoms with E-state index in [-0.39, 0.29) is 23.7 Å². The van der Waals surface area contributed by atoms with Crippen LogP contribution in [0.2, 0.25) is 10.0 Å². The number of imidazole rings is 1. The average Bonchev–Trinajstić information content (AvgIpc) is 3.47. The summed E-state index contributed by atoms with van der Waals surface area (Å²) in [6, 6.07) is 5.59. The SMILES string of the molecule is O=C(N[C@@H]1CCOC1)C1CCN(c2nc3cc(Cl)c(Cl)cc3n2-c2ccc(C(F)(F)F)cn2)CC1. The van der Waals surface area contributed by atoms with Crippen molar-refractivity contribution in [2.24, 2.45) is 5.92 Å². The van der Waals surface area contributed by atoms with Gasteiger partial charge in [-0.1, -0.05) is 23.2 Å². The second-order valence-corrected chi connectivity index (χ2v) is 9.55. The van der Waals surface area contributed by atoms with Crippen LogP contribution in [0.15, 0.2) is 30.5 Å². The molecule has 0 saturated carbocycles. The Balaban J connectivity index is 1.43. The smallest absolute Gasteiger partial charge is 0.379 e. The van der Waals surface area contributed by atoms with Crippen molar-refractivity contribution in [3.8, 4) is 5.82 Å². The maximum Gasteiger partial charge on any atom is 0.417 e. The lowest BCUT2D eigenvalue weighted by atomic mass is 9.95. The maximum atomic E-state index is 13.1. The van der Waals surface area contributed by atoms with Crippen molar-refractivity contribution in [1.82, 2.24) is 19.9 Å². The fourth-order valence-electron chi connectivity index (χ4n) is 4.49. The Kier molecular flexibility index (Phi) is 6.54. The molecule has 0 spiro atoms. The standard InChI is InChI=1S/C23H22Cl2F3N5O2/c24-16-9-18-19(10-17(16)25)33(20-2-1-14(11-29-20)23(26,27)28)22(31-18)32-6-3-13(4-7-32)21(34)30-15-5-8-35-12-15/h1-2,9-11,13,15H,3-8,12H2,(H,30,34)/t15-/m1/s1. The zero-order valence-corrected chi connectivity index (χ0v) is 20.0. The zero-order valence-electron chi connectivity index (χ0n) is 18.5. The summed E-state index contributed by atoms with van der Waals surface area (Å²) in [5, 5.41) is 3.67. The van der Waals surface area contributed by atoms with Crippen LogP contribution in [-0.2, 0) is 15.7 Å². The number of rotatable bonds is 4. The van der Waals surface area contributed by atoms with Crippen LogP contribution < -0.4 is 10.2 Å². The maximum absolute atomic E-state index is 13.1. The van der Waals surface area contributed by atoms with Crippen LogP contribution in [-0.4, -0.2) is 52.8 Å². The van der Waals surface area contributed by atoms with Gasteiger partial charge in [-0.2, -0.15) is 13.2 Å². The molecule has 3 aromatic rings. The Morgan fingerprint density at radius 2 is 1.86 bits per heavy atom. The monoisotopic (exact) mass is 527 g/mol. The van der Waals surface area contributed by atoms with Gasteiger partial charge in [-0.15, -0.1) is 0 Å². The molecule has 0 bridgehead atoms. The fraction of sp³-hybridized carbons (Fsp3) is 0.435. The number of hydrogen-bond acceptors (Lipinski definition) is 5. The molecule has 1 aromatic carbocycles. The van der Waals surface area contributed by atoms with Crippen LogP contribution in [0, 0.1) is 5.92 Å². The minimum atomic E-state index is -4.49. The molecule has 2 saturated heterocycles. The highest BCUT2D eigenvalue weighted by Gasteiger charge is 2.32. The fourth-order valence-corrected chi connectivity index (χ4v) is 4.81. The lowest BCUT2D eigenvalue weighted by Gasteiger charge is -2.32. The highest BCUT2D eigenvalue weighted by molar-refractivity contribution is 6.42. The number of nitrogens with zero attached hydrogens (tertiary/aromatic N) is 4. The lowest BCUT2D eigenvalue weighted by Crippen LogP contribution is -2.44. The molecule has 186 valence electrons. The normalized spacial score (nSPS) is 19.5. The molecule has 0 aliphatic carbocycles. The molecule has 1 N–H and O–H groups in total. The lowest BCUT2D eigenvalue weighted by molar-refractivity contribution is -0.137. The molecule has 2 fully saturated rings. The first-order valence-electron chi connectivity index (χ1n) is 11.2. The second kappa shape index (κ2) is 9.48. The number of alkyl halides is 3. The number of amides is 1. The van der Waals surface area contributed by atoms with Crippen molar-refractivity contribution in [3.63, 3.8) is 0 Å². The van der Waals surface area contributed by atoms with Crippen molar-refractivity contribution in [1.29, 1.82) is 0 Å². The van der Waals surface area contributed by atoms with Gasteiger partial charge in [0.1, 0.15) is 5.82 Å². The predicted molar refractivity (Wildman–Crippen MR) is 126 cm³/mol. The molecule has 1 atom stereocenters. The van der Waals surface area contributed by atoms with Gasteiger partial charge in [-0.3, -0.25) is 9.36 Å². The van der Waals surface area contributed by atoms with Crippen molar-refractivity contribution in [2.75, 3.05) is 31.2 Å². The van der Waals surface area contributed by atoms with E-state index in [0.717, 1.165) is 18.7 Å². The van der Waals surface area contributed by atoms with Crippen LogP contribution in [0.25, 0.3) is 16.9 Å². The summed E-state index contributed by atoms with van der Waals surface area (Å²) in [7, 11) is 0. The summed E-state index contributed by atoms with van der Waals surface area (Å²) in [5.74, 6) is 0.679. The first-order valence-corrected chi connectivity index (χ1v) is 12.0. The topological polar surface area (TPSA) is 72.3 Å². The predicted octanol–water partition coefficient (Wildman–Crippen LogP) is 4.87. The molecule has 2 aliphatic rings. The molecular weight excluding hydrogens is 506 g/mol. The zero-order chi connectivity index (χ0) is 24.7. The average molecular weight is 528 g/mol. The first kappa shape index (κ1) is 24.1. The Hall–Kier alpha value is -2.56. The number of ether oxygens (including phenoxy) is 1. The van der Waals surface area contributed by atoms with Crippen molar-refractivity contribution in [3.05, 3.63) is 46.1 Å². The molecular formula is C23H22Cl2F3N5O2. The Labute approximate surface area is 209 Å². The number of nitrogens with one attached hydrogen (secondary N) is 1. The van der Waals surface area contributed by atoms with Crippen LogP contribution in [0.5, 0.6) is 0 Å². The van der Waals surface area contributed by atoms with E-state index >= 15 is 0 Å². The molecule has 2 aliphatic heterocycles. The van der Waals surface area contributed by atoms with Gasteiger partial charge in [0.25, 0.3) is 0 Å². The number of piperidine rings is 1. The molecule has 1 amide bonds. The Morgan fingerprint density at radius 1 is 1.11 bits per heavy atom. The van der Waals surface area contributed by atoms with Crippen LogP contribution in [0.4, 0.5) is 19.1 Å². The van der Waals surface area contributed by atoms with Gasteiger partial charge >= 0.3 is 6.18 Å². The van der Waals surface area contributed by atoms with E-state index in [1.807, 2.05) is 4.90 Å². The third-order valence-corrected chi connectivity index (χ3v) is 7.13. The quantitative estimate of drug-likeness (QED) is 0.524. The van der Waals surface area contributed by atoms with E-state index in [4.69, 9.17) is 32.9 Å². The molecule has 7 nitrogen and oxygen atoms in total. The van der Waals surface area contributed by atoms with Gasteiger partial charge in [0, 0.05) is 31.8 Å². The summed E-state index contributed by atoms with van der Waals surface area (Å²) < 4.78 is 46.2. The third kappa shape index (κ3) is 4.92. The van der Waals surface area contributed by atoms with Gasteiger partial charge in [-0.05, 0) is 43.5 Å².